The van der Waals surface area contributed by atoms with E-state index in [1.807, 2.05) is 0 Å². The Morgan fingerprint density at radius 3 is 0.263 bits per heavy atom. The molecule has 12 nitrogen and oxygen atoms in total. The van der Waals surface area contributed by atoms with Gasteiger partial charge in [0.25, 0.3) is 0 Å². The van der Waals surface area contributed by atoms with E-state index in [1.165, 1.54) is 63.7 Å². The summed E-state index contributed by atoms with van der Waals surface area (Å²) < 4.78 is 236. The van der Waals surface area contributed by atoms with E-state index in [2.05, 4.69) is 404 Å². The molecule has 0 aliphatic heterocycles. The van der Waals surface area contributed by atoms with Crippen molar-refractivity contribution in [3.63, 3.8) is 0 Å². The number of benzene rings is 12. The van der Waals surface area contributed by atoms with Crippen LogP contribution in [0, 0.1) is 0 Å². The zero-order chi connectivity index (χ0) is 86.8. The van der Waals surface area contributed by atoms with Crippen molar-refractivity contribution in [1.29, 1.82) is 0 Å². The molecule has 0 amide bonds. The van der Waals surface area contributed by atoms with Crippen LogP contribution in [0.15, 0.2) is 364 Å². The minimum Gasteiger partial charge on any atom is -0.741 e. The largest absolute Gasteiger partial charge is 2.00 e. The van der Waals surface area contributed by atoms with E-state index in [0.29, 0.717) is 0 Å². The van der Waals surface area contributed by atoms with Crippen molar-refractivity contribution in [3.8, 4) is 0 Å². The molecular weight excluding hydrogens is 1920 g/mol. The average molecular weight is 2000 g/mol. The minimum absolute atomic E-state index is 0. The van der Waals surface area contributed by atoms with Gasteiger partial charge in [0.15, 0.2) is 40.5 Å². The topological polar surface area (TPSA) is 229 Å². The average Bonchev–Trinajstić information content (AvgIpc) is 0.505. The first-order valence-electron chi connectivity index (χ1n) is 33.4. The van der Waals surface area contributed by atoms with E-state index in [9.17, 15) is 52.7 Å². The van der Waals surface area contributed by atoms with Crippen molar-refractivity contribution in [2.75, 3.05) is 40.0 Å². The van der Waals surface area contributed by atoms with Crippen molar-refractivity contribution in [2.45, 2.75) is 22.0 Å². The molecule has 632 valence electrons. The zero-order valence-corrected chi connectivity index (χ0v) is 75.2. The summed E-state index contributed by atoms with van der Waals surface area (Å²) in [6.45, 7) is 13.8. The van der Waals surface area contributed by atoms with Gasteiger partial charge in [-0.1, -0.05) is 364 Å². The number of rotatable bonds is 12. The molecule has 0 heterocycles. The molecule has 36 heteroatoms. The molecule has 0 fully saturated rings. The van der Waals surface area contributed by atoms with Gasteiger partial charge in [-0.3, -0.25) is 0 Å². The predicted octanol–water partition coefficient (Wildman–Crippen LogP) is 16.7. The van der Waals surface area contributed by atoms with Gasteiger partial charge in [0, 0.05) is 0 Å². The van der Waals surface area contributed by atoms with Crippen LogP contribution >= 0.6 is 47.5 Å². The molecule has 0 aromatic heterocycles. The third kappa shape index (κ3) is 42.7. The molecule has 12 rings (SSSR count). The fourth-order valence-electron chi connectivity index (χ4n) is 8.71. The van der Waals surface area contributed by atoms with Gasteiger partial charge in [-0.15, -0.1) is 0 Å². The fraction of sp³-hybridized carbons (Fsp3) is 0.122. The van der Waals surface area contributed by atoms with Crippen LogP contribution in [0.2, 0.25) is 0 Å². The quantitative estimate of drug-likeness (QED) is 0.0366. The van der Waals surface area contributed by atoms with Gasteiger partial charge in [0.2, 0.25) is 0 Å². The molecule has 118 heavy (non-hydrogen) atoms. The van der Waals surface area contributed by atoms with Crippen LogP contribution in [0.5, 0.6) is 0 Å². The van der Waals surface area contributed by atoms with Crippen LogP contribution in [0.25, 0.3) is 0 Å². The molecule has 0 N–H and O–H groups in total. The van der Waals surface area contributed by atoms with Crippen LogP contribution < -0.4 is 63.7 Å². The van der Waals surface area contributed by atoms with Gasteiger partial charge in [-0.25, -0.2) is 33.7 Å². The molecule has 0 aliphatic rings. The van der Waals surface area contributed by atoms with E-state index < -0.39 is 62.5 Å². The maximum atomic E-state index is 10.7. The standard InChI is InChI=1S/6C13H13P.4CHF3O3S.2Ru/c6*1-14(12-8-4-2-5-9-12)13-10-6-3-7-11-13;4*2-1(3,4)8(5,6)7;;/h6*2-11H,1H3;4*(H,5,6,7);;/q;;;;;;;;;;2*+2/p-4. The Labute approximate surface area is 715 Å². The van der Waals surface area contributed by atoms with Gasteiger partial charge < -0.3 is 18.2 Å². The summed E-state index contributed by atoms with van der Waals surface area (Å²) in [6, 6.07) is 128. The number of alkyl halides is 12. The number of hydrogen-bond acceptors (Lipinski definition) is 12. The first kappa shape index (κ1) is 109. The Hall–Kier alpha value is -6.73. The monoisotopic (exact) mass is 2000 g/mol. The van der Waals surface area contributed by atoms with E-state index in [-0.39, 0.29) is 86.5 Å². The van der Waals surface area contributed by atoms with E-state index in [4.69, 9.17) is 51.9 Å². The minimum atomic E-state index is -6.09. The zero-order valence-electron chi connectivity index (χ0n) is 63.1. The summed E-state index contributed by atoms with van der Waals surface area (Å²) in [5.74, 6) is 0. The Morgan fingerprint density at radius 2 is 0.220 bits per heavy atom. The van der Waals surface area contributed by atoms with Crippen molar-refractivity contribution in [2.24, 2.45) is 0 Å². The molecular formula is C82H78F12O12P6Ru2S4. The normalized spacial score (nSPS) is 11.2. The first-order chi connectivity index (χ1) is 54.3. The number of hydrogen-bond donors (Lipinski definition) is 0. The summed E-state index contributed by atoms with van der Waals surface area (Å²) in [7, 11) is -25.4. The molecule has 0 saturated carbocycles. The van der Waals surface area contributed by atoms with Crippen LogP contribution in [0.3, 0.4) is 0 Å². The molecule has 0 aliphatic carbocycles. The summed E-state index contributed by atoms with van der Waals surface area (Å²) in [4.78, 5) is 0. The Balaban J connectivity index is 0.000000661. The van der Waals surface area contributed by atoms with Crippen LogP contribution in [0.4, 0.5) is 52.7 Å². The van der Waals surface area contributed by atoms with Crippen molar-refractivity contribution in [3.05, 3.63) is 364 Å². The fourth-order valence-corrected chi connectivity index (χ4v) is 17.9. The SMILES string of the molecule is CP(c1ccccc1)c1ccccc1.CP(c1ccccc1)c1ccccc1.CP(c1ccccc1)c1ccccc1.CP(c1ccccc1)c1ccccc1.CP(c1ccccc1)c1ccccc1.CP(c1ccccc1)c1ccccc1.O=S(=O)([O-])C(F)(F)F.O=S(=O)([O-])C(F)(F)F.O=S(=O)([O-])C(F)(F)F.O=S(=O)([O-])C(F)(F)F.[Ru+2].[Ru+2]. The van der Waals surface area contributed by atoms with Gasteiger partial charge in [-0.2, -0.15) is 52.7 Å². The van der Waals surface area contributed by atoms with Crippen LogP contribution in [0.1, 0.15) is 0 Å². The van der Waals surface area contributed by atoms with E-state index in [1.54, 1.807) is 0 Å². The van der Waals surface area contributed by atoms with Gasteiger partial charge >= 0.3 is 61.0 Å². The molecule has 0 spiro atoms. The van der Waals surface area contributed by atoms with Crippen molar-refractivity contribution >= 4 is 152 Å². The summed E-state index contributed by atoms with van der Waals surface area (Å²) in [5, 5.41) is 17.3. The molecule has 0 bridgehead atoms. The molecule has 12 aromatic carbocycles. The van der Waals surface area contributed by atoms with E-state index in [0.717, 1.165) is 0 Å². The molecule has 0 unspecified atom stereocenters. The van der Waals surface area contributed by atoms with Crippen molar-refractivity contribution < 1.29 is 144 Å². The number of halogens is 12. The maximum Gasteiger partial charge on any atom is 2.00 e. The maximum absolute atomic E-state index is 10.7. The molecule has 0 radical (unpaired) electrons. The Kier molecular flexibility index (Phi) is 50.6. The van der Waals surface area contributed by atoms with Crippen molar-refractivity contribution in [1.82, 2.24) is 0 Å². The van der Waals surface area contributed by atoms with E-state index >= 15 is 0 Å². The molecule has 0 saturated heterocycles. The summed E-state index contributed by atoms with van der Waals surface area (Å²) >= 11 is 0. The molecule has 0 atom stereocenters. The second-order valence-corrected chi connectivity index (χ2v) is 41.4. The molecule has 12 aromatic rings. The van der Waals surface area contributed by atoms with Crippen LogP contribution in [-0.2, 0) is 79.4 Å². The smallest absolute Gasteiger partial charge is 0.741 e. The third-order valence-electron chi connectivity index (χ3n) is 14.9. The second-order valence-electron chi connectivity index (χ2n) is 23.0. The Bertz CT molecular complexity index is 4120. The first-order valence-corrected chi connectivity index (χ1v) is 49.7. The van der Waals surface area contributed by atoms with Gasteiger partial charge in [0.1, 0.15) is 0 Å². The van der Waals surface area contributed by atoms with Gasteiger partial charge in [-0.05, 0) is 151 Å². The predicted molar refractivity (Wildman–Crippen MR) is 453 cm³/mol. The van der Waals surface area contributed by atoms with Gasteiger partial charge in [0.05, 0.1) is 0 Å². The Morgan fingerprint density at radius 1 is 0.169 bits per heavy atom. The second kappa shape index (κ2) is 54.6. The summed E-state index contributed by atoms with van der Waals surface area (Å²) in [6.07, 6.45) is 0. The third-order valence-corrected chi connectivity index (χ3v) is 30.0. The van der Waals surface area contributed by atoms with Crippen LogP contribution in [-0.4, -0.2) is 114 Å². The summed E-state index contributed by atoms with van der Waals surface area (Å²) in [5.41, 5.74) is -22.6.